The van der Waals surface area contributed by atoms with Crippen molar-refractivity contribution in [2.75, 3.05) is 11.4 Å². The SMILES string of the molecule is C[C@H](NC(=S)Cc1ccccc1)C(=O)NC1N=C(c2ccccn2)c2ccccc2N(CC(=O)C(C)(C)C)C1=O. The van der Waals surface area contributed by atoms with Crippen molar-refractivity contribution in [2.45, 2.75) is 46.3 Å². The van der Waals surface area contributed by atoms with Crippen LogP contribution in [0.4, 0.5) is 5.69 Å². The van der Waals surface area contributed by atoms with Crippen LogP contribution in [0.2, 0.25) is 0 Å². The average molecular weight is 556 g/mol. The summed E-state index contributed by atoms with van der Waals surface area (Å²) in [5, 5.41) is 5.83. The number of anilines is 1. The molecule has 9 heteroatoms. The van der Waals surface area contributed by atoms with Gasteiger partial charge in [-0.25, -0.2) is 4.99 Å². The van der Waals surface area contributed by atoms with E-state index in [1.807, 2.05) is 69.3 Å². The fourth-order valence-electron chi connectivity index (χ4n) is 4.17. The molecule has 40 heavy (non-hydrogen) atoms. The van der Waals surface area contributed by atoms with E-state index in [2.05, 4.69) is 15.6 Å². The van der Waals surface area contributed by atoms with Crippen molar-refractivity contribution < 1.29 is 14.4 Å². The summed E-state index contributed by atoms with van der Waals surface area (Å²) in [4.78, 5) is 51.4. The van der Waals surface area contributed by atoms with Gasteiger partial charge < -0.3 is 15.5 Å². The van der Waals surface area contributed by atoms with Crippen LogP contribution in [0.1, 0.15) is 44.5 Å². The van der Waals surface area contributed by atoms with Crippen LogP contribution in [0.3, 0.4) is 0 Å². The fraction of sp³-hybridized carbons (Fsp3) is 0.290. The molecule has 2 heterocycles. The average Bonchev–Trinajstić information content (AvgIpc) is 3.04. The number of Topliss-reactive ketones (excluding diaryl/α,β-unsaturated/α-hetero) is 1. The number of carbonyl (C=O) groups is 3. The first-order chi connectivity index (χ1) is 19.0. The second-order valence-electron chi connectivity index (χ2n) is 10.7. The van der Waals surface area contributed by atoms with Crippen LogP contribution in [-0.2, 0) is 20.8 Å². The Morgan fingerprint density at radius 1 is 1.00 bits per heavy atom. The minimum Gasteiger partial charge on any atom is -0.368 e. The van der Waals surface area contributed by atoms with Crippen LogP contribution in [0.25, 0.3) is 0 Å². The minimum absolute atomic E-state index is 0.122. The first-order valence-corrected chi connectivity index (χ1v) is 13.5. The molecule has 8 nitrogen and oxygen atoms in total. The number of thiocarbonyl (C=S) groups is 1. The molecular formula is C31H33N5O3S. The number of benzene rings is 2. The van der Waals surface area contributed by atoms with Gasteiger partial charge in [-0.2, -0.15) is 0 Å². The molecule has 2 amide bonds. The number of pyridine rings is 1. The molecule has 1 aliphatic rings. The molecule has 2 aromatic carbocycles. The minimum atomic E-state index is -1.28. The van der Waals surface area contributed by atoms with Crippen LogP contribution in [0.5, 0.6) is 0 Å². The highest BCUT2D eigenvalue weighted by Crippen LogP contribution is 2.29. The normalized spacial score (nSPS) is 15.8. The second-order valence-corrected chi connectivity index (χ2v) is 11.2. The Bertz CT molecular complexity index is 1430. The van der Waals surface area contributed by atoms with Gasteiger partial charge in [0.05, 0.1) is 28.6 Å². The van der Waals surface area contributed by atoms with Crippen molar-refractivity contribution >= 4 is 46.2 Å². The van der Waals surface area contributed by atoms with E-state index in [9.17, 15) is 14.4 Å². The zero-order valence-corrected chi connectivity index (χ0v) is 23.9. The molecule has 0 saturated heterocycles. The van der Waals surface area contributed by atoms with Crippen LogP contribution in [0, 0.1) is 5.41 Å². The van der Waals surface area contributed by atoms with Crippen molar-refractivity contribution in [3.05, 3.63) is 95.8 Å². The number of nitrogens with one attached hydrogen (secondary N) is 2. The molecule has 0 aliphatic carbocycles. The molecule has 2 atom stereocenters. The number of fused-ring (bicyclic) bond motifs is 1. The largest absolute Gasteiger partial charge is 0.368 e. The monoisotopic (exact) mass is 555 g/mol. The topological polar surface area (TPSA) is 104 Å². The summed E-state index contributed by atoms with van der Waals surface area (Å²) in [7, 11) is 0. The predicted octanol–water partition coefficient (Wildman–Crippen LogP) is 3.87. The third kappa shape index (κ3) is 6.84. The van der Waals surface area contributed by atoms with Crippen molar-refractivity contribution in [2.24, 2.45) is 10.4 Å². The highest BCUT2D eigenvalue weighted by molar-refractivity contribution is 7.80. The highest BCUT2D eigenvalue weighted by atomic mass is 32.1. The van der Waals surface area contributed by atoms with E-state index < -0.39 is 29.4 Å². The van der Waals surface area contributed by atoms with E-state index in [4.69, 9.17) is 17.2 Å². The lowest BCUT2D eigenvalue weighted by Crippen LogP contribution is -2.54. The van der Waals surface area contributed by atoms with E-state index in [0.717, 1.165) is 5.56 Å². The number of carbonyl (C=O) groups excluding carboxylic acids is 3. The van der Waals surface area contributed by atoms with E-state index in [-0.39, 0.29) is 12.3 Å². The van der Waals surface area contributed by atoms with Gasteiger partial charge in [-0.3, -0.25) is 19.4 Å². The van der Waals surface area contributed by atoms with Gasteiger partial charge in [-0.05, 0) is 30.7 Å². The number of para-hydroxylation sites is 1. The molecular weight excluding hydrogens is 522 g/mol. The lowest BCUT2D eigenvalue weighted by atomic mass is 9.90. The molecule has 1 aromatic heterocycles. The number of hydrogen-bond acceptors (Lipinski definition) is 6. The second kappa shape index (κ2) is 12.3. The van der Waals surface area contributed by atoms with Crippen LogP contribution in [-0.4, -0.2) is 52.0 Å². The number of aromatic nitrogens is 1. The predicted molar refractivity (Wildman–Crippen MR) is 160 cm³/mol. The lowest BCUT2D eigenvalue weighted by molar-refractivity contribution is -0.129. The van der Waals surface area contributed by atoms with Gasteiger partial charge in [-0.1, -0.05) is 87.6 Å². The maximum Gasteiger partial charge on any atom is 0.272 e. The van der Waals surface area contributed by atoms with Gasteiger partial charge in [0.2, 0.25) is 12.1 Å². The number of aliphatic imine (C=N–C) groups is 1. The van der Waals surface area contributed by atoms with Crippen molar-refractivity contribution in [3.8, 4) is 0 Å². The first kappa shape index (κ1) is 28.8. The quantitative estimate of drug-likeness (QED) is 0.409. The zero-order chi connectivity index (χ0) is 28.9. The Labute approximate surface area is 239 Å². The molecule has 0 fully saturated rings. The summed E-state index contributed by atoms with van der Waals surface area (Å²) in [5.74, 6) is -1.09. The number of hydrogen-bond donors (Lipinski definition) is 2. The molecule has 0 spiro atoms. The molecule has 0 bridgehead atoms. The molecule has 206 valence electrons. The Morgan fingerprint density at radius 2 is 1.68 bits per heavy atom. The van der Waals surface area contributed by atoms with Gasteiger partial charge in [-0.15, -0.1) is 0 Å². The number of benzodiazepines with no additional fused rings is 1. The standard InChI is InChI=1S/C31H33N5O3S/c1-20(33-26(40)18-21-12-6-5-7-13-21)29(38)35-28-30(39)36(19-25(37)31(2,3)4)24-16-9-8-14-22(24)27(34-28)23-15-10-11-17-32-23/h5-17,20,28H,18-19H2,1-4H3,(H,33,40)(H,35,38)/t20-,28?/m0/s1. The van der Waals surface area contributed by atoms with Crippen molar-refractivity contribution in [1.29, 1.82) is 0 Å². The van der Waals surface area contributed by atoms with E-state index >= 15 is 0 Å². The van der Waals surface area contributed by atoms with Crippen LogP contribution < -0.4 is 15.5 Å². The van der Waals surface area contributed by atoms with Gasteiger partial charge in [0.1, 0.15) is 6.04 Å². The van der Waals surface area contributed by atoms with Gasteiger partial charge in [0.25, 0.3) is 5.91 Å². The number of amides is 2. The van der Waals surface area contributed by atoms with Crippen molar-refractivity contribution in [3.63, 3.8) is 0 Å². The molecule has 0 saturated carbocycles. The maximum atomic E-state index is 14.0. The van der Waals surface area contributed by atoms with Crippen LogP contribution >= 0.6 is 12.2 Å². The molecule has 3 aromatic rings. The van der Waals surface area contributed by atoms with E-state index in [0.29, 0.717) is 34.1 Å². The zero-order valence-electron chi connectivity index (χ0n) is 23.0. The summed E-state index contributed by atoms with van der Waals surface area (Å²) in [6, 6.07) is 21.6. The third-order valence-electron chi connectivity index (χ3n) is 6.51. The fourth-order valence-corrected chi connectivity index (χ4v) is 4.52. The van der Waals surface area contributed by atoms with E-state index in [1.54, 1.807) is 37.4 Å². The van der Waals surface area contributed by atoms with Gasteiger partial charge in [0, 0.05) is 23.6 Å². The Kier molecular flexibility index (Phi) is 8.84. The number of ketones is 1. The Hall–Kier alpha value is -4.24. The Balaban J connectivity index is 1.64. The summed E-state index contributed by atoms with van der Waals surface area (Å²) in [6.07, 6.45) is 0.842. The molecule has 4 rings (SSSR count). The smallest absolute Gasteiger partial charge is 0.272 e. The molecule has 1 aliphatic heterocycles. The summed E-state index contributed by atoms with van der Waals surface area (Å²) < 4.78 is 0. The molecule has 1 unspecified atom stereocenters. The Morgan fingerprint density at radius 3 is 2.35 bits per heavy atom. The van der Waals surface area contributed by atoms with Crippen LogP contribution in [0.15, 0.2) is 84.0 Å². The third-order valence-corrected chi connectivity index (χ3v) is 6.77. The summed E-state index contributed by atoms with van der Waals surface area (Å²) in [6.45, 7) is 6.94. The highest BCUT2D eigenvalue weighted by Gasteiger charge is 2.36. The number of nitrogens with zero attached hydrogens (tertiary/aromatic N) is 3. The van der Waals surface area contributed by atoms with Gasteiger partial charge in [0.15, 0.2) is 5.78 Å². The molecule has 0 radical (unpaired) electrons. The van der Waals surface area contributed by atoms with E-state index in [1.165, 1.54) is 4.90 Å². The van der Waals surface area contributed by atoms with Crippen molar-refractivity contribution in [1.82, 2.24) is 15.6 Å². The number of rotatable bonds is 8. The molecule has 2 N–H and O–H groups in total. The summed E-state index contributed by atoms with van der Waals surface area (Å²) in [5.41, 5.74) is 2.51. The van der Waals surface area contributed by atoms with Gasteiger partial charge >= 0.3 is 0 Å². The first-order valence-electron chi connectivity index (χ1n) is 13.1. The maximum absolute atomic E-state index is 14.0. The lowest BCUT2D eigenvalue weighted by Gasteiger charge is -2.28. The summed E-state index contributed by atoms with van der Waals surface area (Å²) >= 11 is 5.47.